The number of hydrogen-bond donors (Lipinski definition) is 2. The standard InChI is InChI=1S/C22H28ClN3O2/c1-3-28-21-11-7-6-10-20(21)26-14-12-25(13-15-26)16-22(27)24-17(2)18-8-4-5-9-19(18)23/h4-11,17H,3,12-16H2,1-2H3,(H,24,27)/p+1/t17-/m0/s1. The summed E-state index contributed by atoms with van der Waals surface area (Å²) >= 11 is 6.23. The molecule has 3 rings (SSSR count). The van der Waals surface area contributed by atoms with Gasteiger partial charge in [-0.1, -0.05) is 41.9 Å². The van der Waals surface area contributed by atoms with Crippen molar-refractivity contribution in [1.82, 2.24) is 5.32 Å². The molecular weight excluding hydrogens is 374 g/mol. The van der Waals surface area contributed by atoms with Gasteiger partial charge < -0.3 is 19.9 Å². The van der Waals surface area contributed by atoms with Crippen molar-refractivity contribution in [2.24, 2.45) is 0 Å². The molecule has 0 radical (unpaired) electrons. The van der Waals surface area contributed by atoms with Gasteiger partial charge in [0.2, 0.25) is 0 Å². The molecule has 0 aromatic heterocycles. The number of nitrogens with one attached hydrogen (secondary N) is 2. The van der Waals surface area contributed by atoms with E-state index in [4.69, 9.17) is 16.3 Å². The highest BCUT2D eigenvalue weighted by Crippen LogP contribution is 2.27. The van der Waals surface area contributed by atoms with Gasteiger partial charge in [-0.2, -0.15) is 0 Å². The summed E-state index contributed by atoms with van der Waals surface area (Å²) in [6.45, 7) is 8.78. The van der Waals surface area contributed by atoms with Crippen LogP contribution in [-0.2, 0) is 4.79 Å². The SMILES string of the molecule is CCOc1ccccc1N1CC[NH+](CC(=O)N[C@@H](C)c2ccccc2Cl)CC1. The highest BCUT2D eigenvalue weighted by molar-refractivity contribution is 6.31. The van der Waals surface area contributed by atoms with Crippen LogP contribution in [0.25, 0.3) is 0 Å². The number of anilines is 1. The monoisotopic (exact) mass is 402 g/mol. The van der Waals surface area contributed by atoms with Crippen LogP contribution in [-0.4, -0.2) is 45.2 Å². The van der Waals surface area contributed by atoms with Crippen molar-refractivity contribution in [2.75, 3.05) is 44.2 Å². The highest BCUT2D eigenvalue weighted by Gasteiger charge is 2.24. The number of para-hydroxylation sites is 2. The van der Waals surface area contributed by atoms with Gasteiger partial charge in [-0.05, 0) is 37.6 Å². The number of quaternary nitrogens is 1. The van der Waals surface area contributed by atoms with Crippen molar-refractivity contribution in [1.29, 1.82) is 0 Å². The molecule has 0 saturated carbocycles. The molecule has 0 aliphatic carbocycles. The van der Waals surface area contributed by atoms with E-state index in [1.807, 2.05) is 56.3 Å². The smallest absolute Gasteiger partial charge is 0.275 e. The van der Waals surface area contributed by atoms with Gasteiger partial charge in [0.15, 0.2) is 6.54 Å². The van der Waals surface area contributed by atoms with Crippen molar-refractivity contribution < 1.29 is 14.4 Å². The predicted molar refractivity (Wildman–Crippen MR) is 113 cm³/mol. The van der Waals surface area contributed by atoms with Gasteiger partial charge >= 0.3 is 0 Å². The summed E-state index contributed by atoms with van der Waals surface area (Å²) in [5.74, 6) is 0.991. The molecule has 28 heavy (non-hydrogen) atoms. The summed E-state index contributed by atoms with van der Waals surface area (Å²) in [4.78, 5) is 16.1. The molecule has 0 unspecified atom stereocenters. The summed E-state index contributed by atoms with van der Waals surface area (Å²) in [5.41, 5.74) is 2.09. The first-order valence-corrected chi connectivity index (χ1v) is 10.3. The molecule has 0 spiro atoms. The van der Waals surface area contributed by atoms with Gasteiger partial charge in [0.1, 0.15) is 5.75 Å². The second-order valence-corrected chi connectivity index (χ2v) is 7.53. The first-order chi connectivity index (χ1) is 13.6. The van der Waals surface area contributed by atoms with Crippen LogP contribution in [0.5, 0.6) is 5.75 Å². The first kappa shape index (κ1) is 20.5. The van der Waals surface area contributed by atoms with E-state index in [0.29, 0.717) is 18.2 Å². The Balaban J connectivity index is 1.50. The molecule has 1 aliphatic rings. The maximum Gasteiger partial charge on any atom is 0.275 e. The summed E-state index contributed by atoms with van der Waals surface area (Å²) in [6.07, 6.45) is 0. The lowest BCUT2D eigenvalue weighted by molar-refractivity contribution is -0.892. The lowest BCUT2D eigenvalue weighted by Crippen LogP contribution is -3.15. The molecule has 1 saturated heterocycles. The Morgan fingerprint density at radius 2 is 1.86 bits per heavy atom. The topological polar surface area (TPSA) is 46.0 Å². The van der Waals surface area contributed by atoms with E-state index >= 15 is 0 Å². The lowest BCUT2D eigenvalue weighted by atomic mass is 10.1. The average molecular weight is 403 g/mol. The number of carbonyl (C=O) groups is 1. The van der Waals surface area contributed by atoms with E-state index in [1.54, 1.807) is 0 Å². The van der Waals surface area contributed by atoms with Gasteiger partial charge in [0, 0.05) is 5.02 Å². The van der Waals surface area contributed by atoms with Crippen LogP contribution >= 0.6 is 11.6 Å². The van der Waals surface area contributed by atoms with Gasteiger partial charge in [-0.25, -0.2) is 0 Å². The normalized spacial score (nSPS) is 15.9. The summed E-state index contributed by atoms with van der Waals surface area (Å²) in [6, 6.07) is 15.7. The number of carbonyl (C=O) groups excluding carboxylic acids is 1. The maximum atomic E-state index is 12.5. The van der Waals surface area contributed by atoms with Crippen LogP contribution in [0.15, 0.2) is 48.5 Å². The minimum absolute atomic E-state index is 0.0607. The number of benzene rings is 2. The molecule has 2 aromatic rings. The molecule has 6 heteroatoms. The second-order valence-electron chi connectivity index (χ2n) is 7.13. The van der Waals surface area contributed by atoms with E-state index in [1.165, 1.54) is 4.90 Å². The molecule has 2 N–H and O–H groups in total. The van der Waals surface area contributed by atoms with Crippen LogP contribution in [0.3, 0.4) is 0 Å². The maximum absolute atomic E-state index is 12.5. The fraction of sp³-hybridized carbons (Fsp3) is 0.409. The number of nitrogens with zero attached hydrogens (tertiary/aromatic N) is 1. The fourth-order valence-corrected chi connectivity index (χ4v) is 3.96. The molecule has 2 aromatic carbocycles. The zero-order valence-electron chi connectivity index (χ0n) is 16.6. The Hall–Kier alpha value is -2.24. The molecule has 1 atom stereocenters. The van der Waals surface area contributed by atoms with Gasteiger partial charge in [-0.15, -0.1) is 0 Å². The van der Waals surface area contributed by atoms with E-state index < -0.39 is 0 Å². The van der Waals surface area contributed by atoms with Gasteiger partial charge in [-0.3, -0.25) is 4.79 Å². The van der Waals surface area contributed by atoms with Crippen LogP contribution < -0.4 is 19.9 Å². The third kappa shape index (κ3) is 5.18. The number of piperazine rings is 1. The zero-order chi connectivity index (χ0) is 19.9. The molecule has 1 aliphatic heterocycles. The molecule has 1 fully saturated rings. The Bertz CT molecular complexity index is 791. The highest BCUT2D eigenvalue weighted by atomic mass is 35.5. The van der Waals surface area contributed by atoms with Crippen LogP contribution in [0, 0.1) is 0 Å². The number of amides is 1. The lowest BCUT2D eigenvalue weighted by Gasteiger charge is -2.34. The third-order valence-corrected chi connectivity index (χ3v) is 5.48. The molecule has 150 valence electrons. The van der Waals surface area contributed by atoms with Crippen molar-refractivity contribution >= 4 is 23.2 Å². The number of halogens is 1. The quantitative estimate of drug-likeness (QED) is 0.747. The Labute approximate surface area is 172 Å². The van der Waals surface area contributed by atoms with E-state index in [-0.39, 0.29) is 11.9 Å². The number of hydrogen-bond acceptors (Lipinski definition) is 3. The second kappa shape index (κ2) is 9.80. The minimum Gasteiger partial charge on any atom is -0.492 e. The molecule has 1 amide bonds. The first-order valence-electron chi connectivity index (χ1n) is 9.92. The van der Waals surface area contributed by atoms with Gasteiger partial charge in [0.05, 0.1) is 44.5 Å². The third-order valence-electron chi connectivity index (χ3n) is 5.14. The van der Waals surface area contributed by atoms with Crippen molar-refractivity contribution in [3.63, 3.8) is 0 Å². The average Bonchev–Trinajstić information content (AvgIpc) is 2.69. The Morgan fingerprint density at radius 1 is 1.18 bits per heavy atom. The Kier molecular flexibility index (Phi) is 7.18. The predicted octanol–water partition coefficient (Wildman–Crippen LogP) is 2.32. The van der Waals surface area contributed by atoms with Crippen LogP contribution in [0.2, 0.25) is 5.02 Å². The van der Waals surface area contributed by atoms with Crippen molar-refractivity contribution in [2.45, 2.75) is 19.9 Å². The summed E-state index contributed by atoms with van der Waals surface area (Å²) in [5, 5.41) is 3.76. The van der Waals surface area contributed by atoms with Crippen molar-refractivity contribution in [3.8, 4) is 5.75 Å². The fourth-order valence-electron chi connectivity index (χ4n) is 3.66. The van der Waals surface area contributed by atoms with E-state index in [0.717, 1.165) is 43.2 Å². The number of rotatable bonds is 7. The van der Waals surface area contributed by atoms with Crippen LogP contribution in [0.1, 0.15) is 25.5 Å². The zero-order valence-corrected chi connectivity index (χ0v) is 17.3. The number of ether oxygens (including phenoxy) is 1. The van der Waals surface area contributed by atoms with E-state index in [2.05, 4.69) is 16.3 Å². The summed E-state index contributed by atoms with van der Waals surface area (Å²) in [7, 11) is 0. The molecule has 0 bridgehead atoms. The van der Waals surface area contributed by atoms with Gasteiger partial charge in [0.25, 0.3) is 5.91 Å². The van der Waals surface area contributed by atoms with E-state index in [9.17, 15) is 4.79 Å². The molecule has 1 heterocycles. The molecular formula is C22H29ClN3O2+. The minimum atomic E-state index is -0.0973. The van der Waals surface area contributed by atoms with Crippen molar-refractivity contribution in [3.05, 3.63) is 59.1 Å². The Morgan fingerprint density at radius 3 is 2.57 bits per heavy atom. The largest absolute Gasteiger partial charge is 0.492 e. The summed E-state index contributed by atoms with van der Waals surface area (Å²) < 4.78 is 5.75. The van der Waals surface area contributed by atoms with Crippen LogP contribution in [0.4, 0.5) is 5.69 Å². The molecule has 5 nitrogen and oxygen atoms in total.